The van der Waals surface area contributed by atoms with Gasteiger partial charge in [-0.2, -0.15) is 9.97 Å². The van der Waals surface area contributed by atoms with E-state index in [9.17, 15) is 0 Å². The van der Waals surface area contributed by atoms with Crippen molar-refractivity contribution in [3.05, 3.63) is 176 Å². The van der Waals surface area contributed by atoms with Crippen LogP contribution in [0.2, 0.25) is 0 Å². The van der Waals surface area contributed by atoms with E-state index in [2.05, 4.69) is 143 Å². The molecular formula is C51H29N5O2. The van der Waals surface area contributed by atoms with Gasteiger partial charge in [0.1, 0.15) is 22.3 Å². The molecule has 0 N–H and O–H groups in total. The van der Waals surface area contributed by atoms with E-state index in [-0.39, 0.29) is 0 Å². The predicted molar refractivity (Wildman–Crippen MR) is 234 cm³/mol. The van der Waals surface area contributed by atoms with Crippen LogP contribution in [0.4, 0.5) is 0 Å². The third-order valence-electron chi connectivity index (χ3n) is 11.6. The smallest absolute Gasteiger partial charge is 0.238 e. The fourth-order valence-electron chi connectivity index (χ4n) is 9.12. The van der Waals surface area contributed by atoms with Crippen molar-refractivity contribution in [1.29, 1.82) is 0 Å². The molecule has 5 aromatic heterocycles. The molecular weight excluding hydrogens is 715 g/mol. The summed E-state index contributed by atoms with van der Waals surface area (Å²) in [6, 6.07) is 60.8. The molecule has 8 aromatic carbocycles. The maximum absolute atomic E-state index is 6.69. The van der Waals surface area contributed by atoms with Gasteiger partial charge in [-0.05, 0) is 60.7 Å². The first kappa shape index (κ1) is 31.2. The number of aromatic nitrogens is 5. The fourth-order valence-corrected chi connectivity index (χ4v) is 9.12. The van der Waals surface area contributed by atoms with Crippen molar-refractivity contribution >= 4 is 87.5 Å². The summed E-state index contributed by atoms with van der Waals surface area (Å²) >= 11 is 0. The second-order valence-electron chi connectivity index (χ2n) is 14.8. The van der Waals surface area contributed by atoms with Crippen LogP contribution in [0, 0.1) is 0 Å². The van der Waals surface area contributed by atoms with E-state index in [4.69, 9.17) is 23.8 Å². The minimum absolute atomic E-state index is 0.523. The number of para-hydroxylation sites is 5. The lowest BCUT2D eigenvalue weighted by Crippen LogP contribution is -2.06. The highest BCUT2D eigenvalue weighted by atomic mass is 16.3. The molecule has 58 heavy (non-hydrogen) atoms. The lowest BCUT2D eigenvalue weighted by molar-refractivity contribution is 0.668. The van der Waals surface area contributed by atoms with Crippen LogP contribution in [0.5, 0.6) is 0 Å². The Hall–Kier alpha value is -8.03. The van der Waals surface area contributed by atoms with Gasteiger partial charge < -0.3 is 13.4 Å². The molecule has 0 atom stereocenters. The largest absolute Gasteiger partial charge is 0.456 e. The Morgan fingerprint density at radius 2 is 0.845 bits per heavy atom. The molecule has 0 aliphatic rings. The van der Waals surface area contributed by atoms with Crippen LogP contribution < -0.4 is 0 Å². The molecule has 0 fully saturated rings. The van der Waals surface area contributed by atoms with Crippen LogP contribution in [0.3, 0.4) is 0 Å². The zero-order chi connectivity index (χ0) is 37.9. The second-order valence-corrected chi connectivity index (χ2v) is 14.8. The van der Waals surface area contributed by atoms with Gasteiger partial charge in [0.2, 0.25) is 5.95 Å². The molecule has 7 nitrogen and oxygen atoms in total. The van der Waals surface area contributed by atoms with Gasteiger partial charge >= 0.3 is 0 Å². The van der Waals surface area contributed by atoms with E-state index in [1.165, 1.54) is 10.8 Å². The monoisotopic (exact) mass is 743 g/mol. The van der Waals surface area contributed by atoms with Gasteiger partial charge in [-0.15, -0.1) is 0 Å². The third kappa shape index (κ3) is 4.35. The van der Waals surface area contributed by atoms with E-state index in [0.717, 1.165) is 93.5 Å². The number of hydrogen-bond acceptors (Lipinski definition) is 5. The summed E-state index contributed by atoms with van der Waals surface area (Å²) in [6.07, 6.45) is 0. The number of hydrogen-bond donors (Lipinski definition) is 0. The summed E-state index contributed by atoms with van der Waals surface area (Å²) in [5.74, 6) is 1.60. The summed E-state index contributed by atoms with van der Waals surface area (Å²) < 4.78 is 17.5. The molecule has 0 amide bonds. The van der Waals surface area contributed by atoms with Crippen molar-refractivity contribution in [2.45, 2.75) is 0 Å². The van der Waals surface area contributed by atoms with Gasteiger partial charge in [0.05, 0.1) is 33.1 Å². The van der Waals surface area contributed by atoms with Crippen LogP contribution in [0.25, 0.3) is 122 Å². The van der Waals surface area contributed by atoms with Crippen LogP contribution >= 0.6 is 0 Å². The molecule has 7 heteroatoms. The van der Waals surface area contributed by atoms with Crippen LogP contribution in [-0.2, 0) is 0 Å². The van der Waals surface area contributed by atoms with Gasteiger partial charge in [0.25, 0.3) is 0 Å². The van der Waals surface area contributed by atoms with Gasteiger partial charge in [-0.25, -0.2) is 4.98 Å². The third-order valence-corrected chi connectivity index (χ3v) is 11.6. The number of furan rings is 2. The van der Waals surface area contributed by atoms with E-state index in [1.54, 1.807) is 0 Å². The highest BCUT2D eigenvalue weighted by Gasteiger charge is 2.23. The van der Waals surface area contributed by atoms with E-state index < -0.39 is 0 Å². The Morgan fingerprint density at radius 3 is 1.52 bits per heavy atom. The molecule has 0 saturated heterocycles. The predicted octanol–water partition coefficient (Wildman–Crippen LogP) is 13.2. The Balaban J connectivity index is 1.12. The van der Waals surface area contributed by atoms with Crippen molar-refractivity contribution in [2.75, 3.05) is 0 Å². The van der Waals surface area contributed by atoms with Crippen molar-refractivity contribution in [2.24, 2.45) is 0 Å². The lowest BCUT2D eigenvalue weighted by atomic mass is 10.0. The van der Waals surface area contributed by atoms with Crippen molar-refractivity contribution in [3.63, 3.8) is 0 Å². The van der Waals surface area contributed by atoms with Crippen molar-refractivity contribution in [1.82, 2.24) is 24.1 Å². The molecule has 0 radical (unpaired) electrons. The molecule has 5 heterocycles. The Morgan fingerprint density at radius 1 is 0.345 bits per heavy atom. The quantitative estimate of drug-likeness (QED) is 0.179. The van der Waals surface area contributed by atoms with Gasteiger partial charge in [-0.1, -0.05) is 115 Å². The minimum Gasteiger partial charge on any atom is -0.456 e. The molecule has 0 spiro atoms. The zero-order valence-corrected chi connectivity index (χ0v) is 30.8. The molecule has 13 aromatic rings. The fraction of sp³-hybridized carbons (Fsp3) is 0. The Bertz CT molecular complexity index is 3720. The van der Waals surface area contributed by atoms with E-state index in [0.29, 0.717) is 17.6 Å². The summed E-state index contributed by atoms with van der Waals surface area (Å²) in [4.78, 5) is 15.9. The van der Waals surface area contributed by atoms with E-state index in [1.807, 2.05) is 42.5 Å². The summed E-state index contributed by atoms with van der Waals surface area (Å²) in [7, 11) is 0. The lowest BCUT2D eigenvalue weighted by Gasteiger charge is -2.12. The summed E-state index contributed by atoms with van der Waals surface area (Å²) in [6.45, 7) is 0. The normalized spacial score (nSPS) is 12.1. The number of nitrogens with zero attached hydrogens (tertiary/aromatic N) is 5. The Kier molecular flexibility index (Phi) is 6.32. The molecule has 13 rings (SSSR count). The number of rotatable bonds is 4. The Labute approximate surface area is 329 Å². The minimum atomic E-state index is 0.523. The highest BCUT2D eigenvalue weighted by Crippen LogP contribution is 2.42. The molecule has 0 aliphatic carbocycles. The van der Waals surface area contributed by atoms with Gasteiger partial charge in [0.15, 0.2) is 11.6 Å². The summed E-state index contributed by atoms with van der Waals surface area (Å²) in [5, 5.41) is 8.70. The maximum Gasteiger partial charge on any atom is 0.238 e. The number of fused-ring (bicyclic) bond motifs is 12. The average Bonchev–Trinajstić information content (AvgIpc) is 4.04. The van der Waals surface area contributed by atoms with Gasteiger partial charge in [-0.3, -0.25) is 4.57 Å². The zero-order valence-electron chi connectivity index (χ0n) is 30.8. The van der Waals surface area contributed by atoms with E-state index >= 15 is 0 Å². The molecule has 0 saturated carbocycles. The van der Waals surface area contributed by atoms with Crippen molar-refractivity contribution < 1.29 is 8.83 Å². The molecule has 270 valence electrons. The SMILES string of the molecule is c1ccc2c(c1)oc1cc(-c3nc(-c4cccc5oc6cccc(-n7c8ccccc8c8ccccc87)c6c45)nc(-n4c5ccccc5c5ccccc54)n3)ccc12. The molecule has 0 bridgehead atoms. The molecule has 0 aliphatic heterocycles. The summed E-state index contributed by atoms with van der Waals surface area (Å²) in [5.41, 5.74) is 10.1. The maximum atomic E-state index is 6.69. The first-order valence-corrected chi connectivity index (χ1v) is 19.4. The van der Waals surface area contributed by atoms with Gasteiger partial charge in [0, 0.05) is 48.8 Å². The van der Waals surface area contributed by atoms with Crippen molar-refractivity contribution in [3.8, 4) is 34.4 Å². The molecule has 0 unspecified atom stereocenters. The number of benzene rings is 8. The van der Waals surface area contributed by atoms with Crippen LogP contribution in [0.1, 0.15) is 0 Å². The standard InChI is InChI=1S/C51H29N5O2/c1-6-19-38-31(13-1)32-14-2-7-20-39(32)55(38)42-23-12-26-45-48(42)47-37(18-11-25-44(47)58-45)50-52-49(30-27-28-36-35-17-5-10-24-43(35)57-46(36)29-30)53-51(54-50)56-40-21-8-3-15-33(40)34-16-4-9-22-41(34)56/h1-29H. The first-order valence-electron chi connectivity index (χ1n) is 19.4. The first-order chi connectivity index (χ1) is 28.8. The topological polar surface area (TPSA) is 74.8 Å². The van der Waals surface area contributed by atoms with Crippen LogP contribution in [0.15, 0.2) is 185 Å². The highest BCUT2D eigenvalue weighted by molar-refractivity contribution is 6.18. The average molecular weight is 744 g/mol. The second kappa shape index (κ2) is 11.7. The van der Waals surface area contributed by atoms with Crippen LogP contribution in [-0.4, -0.2) is 24.1 Å².